The van der Waals surface area contributed by atoms with Crippen molar-refractivity contribution in [3.05, 3.63) is 35.1 Å². The summed E-state index contributed by atoms with van der Waals surface area (Å²) in [5, 5.41) is 14.8. The summed E-state index contributed by atoms with van der Waals surface area (Å²) in [6.45, 7) is 8.01. The molecule has 0 bridgehead atoms. The molecular weight excluding hydrogens is 610 g/mol. The molecule has 1 saturated carbocycles. The van der Waals surface area contributed by atoms with E-state index in [1.165, 1.54) is 15.9 Å². The molecule has 4 aliphatic rings. The maximum atomic E-state index is 14.4. The van der Waals surface area contributed by atoms with Gasteiger partial charge in [0.25, 0.3) is 5.91 Å². The Morgan fingerprint density at radius 3 is 2.53 bits per heavy atom. The maximum Gasteiger partial charge on any atom is 0.410 e. The Morgan fingerprint density at radius 2 is 1.85 bits per heavy atom. The van der Waals surface area contributed by atoms with Gasteiger partial charge in [-0.3, -0.25) is 19.7 Å². The van der Waals surface area contributed by atoms with Gasteiger partial charge in [-0.2, -0.15) is 0 Å². The molecule has 3 aliphatic heterocycles. The van der Waals surface area contributed by atoms with Crippen LogP contribution in [-0.2, 0) is 36.8 Å². The second-order valence-corrected chi connectivity index (χ2v) is 14.4. The molecule has 0 aromatic heterocycles. The number of fused-ring (bicyclic) bond motifs is 1. The lowest BCUT2D eigenvalue weighted by atomic mass is 9.75. The van der Waals surface area contributed by atoms with E-state index in [0.717, 1.165) is 44.9 Å². The average molecular weight is 659 g/mol. The van der Waals surface area contributed by atoms with Crippen LogP contribution in [0.15, 0.2) is 18.2 Å². The largest absolute Gasteiger partial charge is 0.446 e. The van der Waals surface area contributed by atoms with Gasteiger partial charge in [0.05, 0.1) is 19.0 Å². The molecule has 5 unspecified atom stereocenters. The Hall–Kier alpha value is -3.39. The topological polar surface area (TPSA) is 138 Å². The number of carbonyl (C=O) groups is 4. The summed E-state index contributed by atoms with van der Waals surface area (Å²) < 4.78 is 31.5. The maximum absolute atomic E-state index is 14.4. The smallest absolute Gasteiger partial charge is 0.410 e. The molecule has 47 heavy (non-hydrogen) atoms. The van der Waals surface area contributed by atoms with E-state index in [1.54, 1.807) is 32.9 Å². The highest BCUT2D eigenvalue weighted by Gasteiger charge is 2.49. The molecule has 12 nitrogen and oxygen atoms in total. The van der Waals surface area contributed by atoms with Gasteiger partial charge in [-0.1, -0.05) is 46.2 Å². The molecule has 5 atom stereocenters. The van der Waals surface area contributed by atoms with Crippen molar-refractivity contribution in [1.29, 1.82) is 0 Å². The van der Waals surface area contributed by atoms with Gasteiger partial charge in [0, 0.05) is 25.1 Å². The van der Waals surface area contributed by atoms with Gasteiger partial charge in [0.2, 0.25) is 5.91 Å². The monoisotopic (exact) mass is 658 g/mol. The SMILES string of the molecule is CCC1CCCOBC1N(O)C(=O)C1CC(OC(=O)N2Cc3cccc(F)c3C2)CN1C(=O)C(NC(=O)OC1CCCC1)C(C)(C)C. The highest BCUT2D eigenvalue weighted by Crippen LogP contribution is 2.32. The molecule has 5 rings (SSSR count). The van der Waals surface area contributed by atoms with E-state index < -0.39 is 59.4 Å². The minimum absolute atomic E-state index is 0.00262. The van der Waals surface area contributed by atoms with Gasteiger partial charge < -0.3 is 24.3 Å². The zero-order chi connectivity index (χ0) is 33.9. The number of hydrogen-bond acceptors (Lipinski definition) is 8. The number of alkyl carbamates (subject to hydrolysis) is 1. The van der Waals surface area contributed by atoms with Crippen LogP contribution in [0.25, 0.3) is 0 Å². The Kier molecular flexibility index (Phi) is 11.0. The van der Waals surface area contributed by atoms with Crippen LogP contribution in [0.2, 0.25) is 0 Å². The van der Waals surface area contributed by atoms with Crippen molar-refractivity contribution < 1.29 is 42.9 Å². The molecular formula is C33H48BFN4O8. The van der Waals surface area contributed by atoms with Crippen LogP contribution in [0.5, 0.6) is 0 Å². The van der Waals surface area contributed by atoms with E-state index in [2.05, 4.69) is 5.32 Å². The number of halogens is 1. The zero-order valence-electron chi connectivity index (χ0n) is 27.9. The molecule has 4 amide bonds. The lowest BCUT2D eigenvalue weighted by molar-refractivity contribution is -0.180. The first-order chi connectivity index (χ1) is 22.4. The predicted octanol–water partition coefficient (Wildman–Crippen LogP) is 4.06. The summed E-state index contributed by atoms with van der Waals surface area (Å²) in [6, 6.07) is 2.44. The number of nitrogens with one attached hydrogen (secondary N) is 1. The van der Waals surface area contributed by atoms with Gasteiger partial charge in [-0.25, -0.2) is 19.0 Å². The number of benzene rings is 1. The third kappa shape index (κ3) is 8.02. The normalized spacial score (nSPS) is 25.4. The Morgan fingerprint density at radius 1 is 1.11 bits per heavy atom. The van der Waals surface area contributed by atoms with Crippen LogP contribution in [0, 0.1) is 17.2 Å². The molecule has 3 fully saturated rings. The highest BCUT2D eigenvalue weighted by atomic mass is 19.1. The summed E-state index contributed by atoms with van der Waals surface area (Å²) in [6.07, 6.45) is 3.22. The Balaban J connectivity index is 1.35. The highest BCUT2D eigenvalue weighted by molar-refractivity contribution is 6.30. The predicted molar refractivity (Wildman–Crippen MR) is 170 cm³/mol. The molecule has 14 heteroatoms. The summed E-state index contributed by atoms with van der Waals surface area (Å²) in [5.74, 6) is -2.26. The zero-order valence-corrected chi connectivity index (χ0v) is 27.9. The lowest BCUT2D eigenvalue weighted by Gasteiger charge is -2.37. The number of amides is 4. The number of nitrogens with zero attached hydrogens (tertiary/aromatic N) is 3. The standard InChI is InChI=1S/C33H48BFN4O8/c1-5-20-11-9-15-45-34-28(20)39(44)29(40)26-16-23(47-32(43)37-17-21-10-8-14-25(35)24(21)19-37)18-38(26)30(41)27(33(2,3)4)36-31(42)46-22-12-6-7-13-22/h8,10,14,20,22-23,26-28,34,44H,5-7,9,11-13,15-19H2,1-4H3,(H,36,42). The van der Waals surface area contributed by atoms with E-state index in [-0.39, 0.29) is 45.6 Å². The van der Waals surface area contributed by atoms with E-state index in [1.807, 2.05) is 6.92 Å². The fraction of sp³-hybridized carbons (Fsp3) is 0.697. The van der Waals surface area contributed by atoms with Crippen LogP contribution in [0.1, 0.15) is 90.2 Å². The van der Waals surface area contributed by atoms with Crippen LogP contribution >= 0.6 is 0 Å². The van der Waals surface area contributed by atoms with Crippen molar-refractivity contribution in [2.45, 2.75) is 122 Å². The number of carbonyl (C=O) groups excluding carboxylic acids is 4. The van der Waals surface area contributed by atoms with Crippen molar-refractivity contribution in [2.24, 2.45) is 11.3 Å². The molecule has 0 spiro atoms. The minimum Gasteiger partial charge on any atom is -0.446 e. The van der Waals surface area contributed by atoms with Crippen LogP contribution < -0.4 is 5.32 Å². The third-order valence-electron chi connectivity index (χ3n) is 9.99. The van der Waals surface area contributed by atoms with Gasteiger partial charge in [-0.15, -0.1) is 0 Å². The molecule has 1 aromatic carbocycles. The van der Waals surface area contributed by atoms with Crippen LogP contribution in [0.3, 0.4) is 0 Å². The summed E-state index contributed by atoms with van der Waals surface area (Å²) >= 11 is 0. The van der Waals surface area contributed by atoms with Gasteiger partial charge in [0.15, 0.2) is 0 Å². The van der Waals surface area contributed by atoms with Crippen molar-refractivity contribution in [1.82, 2.24) is 20.2 Å². The first-order valence-corrected chi connectivity index (χ1v) is 17.0. The Bertz CT molecular complexity index is 1320. The van der Waals surface area contributed by atoms with Gasteiger partial charge >= 0.3 is 19.7 Å². The second-order valence-electron chi connectivity index (χ2n) is 14.4. The molecule has 1 aliphatic carbocycles. The molecule has 3 heterocycles. The summed E-state index contributed by atoms with van der Waals surface area (Å²) in [5.41, 5.74) is 0.339. The van der Waals surface area contributed by atoms with E-state index >= 15 is 0 Å². The molecule has 0 radical (unpaired) electrons. The molecule has 2 N–H and O–H groups in total. The first-order valence-electron chi connectivity index (χ1n) is 17.0. The average Bonchev–Trinajstić information content (AvgIpc) is 3.76. The van der Waals surface area contributed by atoms with Crippen molar-refractivity contribution in [2.75, 3.05) is 13.2 Å². The molecule has 2 saturated heterocycles. The van der Waals surface area contributed by atoms with Crippen molar-refractivity contribution >= 4 is 31.5 Å². The summed E-state index contributed by atoms with van der Waals surface area (Å²) in [7, 11) is 0.158. The quantitative estimate of drug-likeness (QED) is 0.254. The fourth-order valence-electron chi connectivity index (χ4n) is 7.25. The molecule has 258 valence electrons. The third-order valence-corrected chi connectivity index (χ3v) is 9.99. The number of hydroxylamine groups is 2. The second kappa shape index (κ2) is 14.8. The number of likely N-dealkylation sites (tertiary alicyclic amines) is 1. The van der Waals surface area contributed by atoms with Crippen molar-refractivity contribution in [3.8, 4) is 0 Å². The fourth-order valence-corrected chi connectivity index (χ4v) is 7.25. The first kappa shape index (κ1) is 34.9. The van der Waals surface area contributed by atoms with Gasteiger partial charge in [-0.05, 0) is 61.5 Å². The van der Waals surface area contributed by atoms with Crippen LogP contribution in [0.4, 0.5) is 14.0 Å². The van der Waals surface area contributed by atoms with Crippen molar-refractivity contribution in [3.63, 3.8) is 0 Å². The van der Waals surface area contributed by atoms with E-state index in [9.17, 15) is 28.8 Å². The molecule has 1 aromatic rings. The minimum atomic E-state index is -1.17. The van der Waals surface area contributed by atoms with Gasteiger partial charge in [0.1, 0.15) is 30.1 Å². The lowest BCUT2D eigenvalue weighted by Crippen LogP contribution is -2.59. The number of hydrogen-bond donors (Lipinski definition) is 2. The number of ether oxygens (including phenoxy) is 2. The summed E-state index contributed by atoms with van der Waals surface area (Å²) in [4.78, 5) is 57.3. The van der Waals surface area contributed by atoms with E-state index in [0.29, 0.717) is 22.8 Å². The Labute approximate surface area is 276 Å². The van der Waals surface area contributed by atoms with E-state index in [4.69, 9.17) is 14.1 Å². The number of rotatable bonds is 7. The van der Waals surface area contributed by atoms with Crippen LogP contribution in [-0.4, -0.2) is 94.9 Å².